The molecule has 0 N–H and O–H groups in total. The molecule has 68 valence electrons. The molecule has 1 aromatic carbocycles. The minimum Gasteiger partial charge on any atom is -0.297 e. The number of aliphatic imine (C=N–C) groups is 1. The maximum absolute atomic E-state index is 12.6. The summed E-state index contributed by atoms with van der Waals surface area (Å²) in [5, 5.41) is 0. The van der Waals surface area contributed by atoms with E-state index in [1.807, 2.05) is 13.0 Å². The molecule has 0 atom stereocenters. The molecule has 0 amide bonds. The van der Waals surface area contributed by atoms with Gasteiger partial charge in [0, 0.05) is 13.3 Å². The summed E-state index contributed by atoms with van der Waals surface area (Å²) >= 11 is 0. The summed E-state index contributed by atoms with van der Waals surface area (Å²) in [7, 11) is 1.72. The first-order chi connectivity index (χ1) is 6.24. The second-order valence-electron chi connectivity index (χ2n) is 2.76. The van der Waals surface area contributed by atoms with Crippen molar-refractivity contribution in [3.05, 3.63) is 41.7 Å². The highest BCUT2D eigenvalue weighted by molar-refractivity contribution is 5.83. The Bertz CT molecular complexity index is 322. The first-order valence-corrected chi connectivity index (χ1v) is 4.09. The van der Waals surface area contributed by atoms with Crippen molar-refractivity contribution < 1.29 is 4.39 Å². The zero-order valence-corrected chi connectivity index (χ0v) is 7.79. The third kappa shape index (κ3) is 2.82. The number of hydrogen-bond donors (Lipinski definition) is 0. The molecule has 0 fully saturated rings. The largest absolute Gasteiger partial charge is 0.297 e. The predicted octanol–water partition coefficient (Wildman–Crippen LogP) is 2.93. The maximum Gasteiger partial charge on any atom is 0.123 e. The molecule has 13 heavy (non-hydrogen) atoms. The van der Waals surface area contributed by atoms with Crippen LogP contribution in [0.3, 0.4) is 0 Å². The molecule has 0 aromatic heterocycles. The van der Waals surface area contributed by atoms with Crippen LogP contribution >= 0.6 is 0 Å². The van der Waals surface area contributed by atoms with Crippen molar-refractivity contribution >= 4 is 11.8 Å². The van der Waals surface area contributed by atoms with Gasteiger partial charge in [-0.2, -0.15) is 0 Å². The van der Waals surface area contributed by atoms with Gasteiger partial charge in [-0.05, 0) is 36.3 Å². The van der Waals surface area contributed by atoms with Gasteiger partial charge in [0.2, 0.25) is 0 Å². The van der Waals surface area contributed by atoms with E-state index in [9.17, 15) is 4.39 Å². The van der Waals surface area contributed by atoms with Gasteiger partial charge in [0.05, 0.1) is 0 Å². The Balaban J connectivity index is 2.89. The Morgan fingerprint density at radius 3 is 2.46 bits per heavy atom. The minimum absolute atomic E-state index is 0.208. The highest BCUT2D eigenvalue weighted by Gasteiger charge is 1.94. The maximum atomic E-state index is 12.6. The normalized spacial score (nSPS) is 12.4. The van der Waals surface area contributed by atoms with Crippen LogP contribution in [0.1, 0.15) is 12.5 Å². The first-order valence-electron chi connectivity index (χ1n) is 4.09. The van der Waals surface area contributed by atoms with E-state index in [0.717, 1.165) is 11.1 Å². The predicted molar refractivity (Wildman–Crippen MR) is 54.5 cm³/mol. The Morgan fingerprint density at radius 1 is 1.31 bits per heavy atom. The van der Waals surface area contributed by atoms with Crippen molar-refractivity contribution in [2.24, 2.45) is 4.99 Å². The molecule has 0 saturated carbocycles. The highest BCUT2D eigenvalue weighted by atomic mass is 19.1. The number of nitrogens with zero attached hydrogens (tertiary/aromatic N) is 1. The summed E-state index contributed by atoms with van der Waals surface area (Å²) in [6, 6.07) is 6.42. The van der Waals surface area contributed by atoms with Crippen LogP contribution in [0.4, 0.5) is 4.39 Å². The van der Waals surface area contributed by atoms with E-state index >= 15 is 0 Å². The van der Waals surface area contributed by atoms with E-state index in [0.29, 0.717) is 0 Å². The van der Waals surface area contributed by atoms with Crippen molar-refractivity contribution in [1.82, 2.24) is 0 Å². The zero-order valence-electron chi connectivity index (χ0n) is 7.79. The van der Waals surface area contributed by atoms with E-state index < -0.39 is 0 Å². The lowest BCUT2D eigenvalue weighted by Crippen LogP contribution is -1.81. The summed E-state index contributed by atoms with van der Waals surface area (Å²) in [6.07, 6.45) is 3.62. The summed E-state index contributed by atoms with van der Waals surface area (Å²) in [5.41, 5.74) is 2.09. The average molecular weight is 177 g/mol. The third-order valence-electron chi connectivity index (χ3n) is 1.77. The molecule has 1 aromatic rings. The fourth-order valence-corrected chi connectivity index (χ4v) is 0.995. The van der Waals surface area contributed by atoms with E-state index in [-0.39, 0.29) is 5.82 Å². The van der Waals surface area contributed by atoms with Gasteiger partial charge in [-0.1, -0.05) is 12.1 Å². The lowest BCUT2D eigenvalue weighted by atomic mass is 10.1. The first kappa shape index (κ1) is 9.65. The van der Waals surface area contributed by atoms with Gasteiger partial charge in [-0.25, -0.2) is 4.39 Å². The Hall–Kier alpha value is -1.44. The topological polar surface area (TPSA) is 12.4 Å². The van der Waals surface area contributed by atoms with E-state index in [4.69, 9.17) is 0 Å². The van der Waals surface area contributed by atoms with Crippen LogP contribution < -0.4 is 0 Å². The van der Waals surface area contributed by atoms with Gasteiger partial charge in [0.15, 0.2) is 0 Å². The zero-order chi connectivity index (χ0) is 9.68. The molecular weight excluding hydrogens is 165 g/mol. The van der Waals surface area contributed by atoms with Gasteiger partial charge in [0.25, 0.3) is 0 Å². The summed E-state index contributed by atoms with van der Waals surface area (Å²) in [4.78, 5) is 3.84. The lowest BCUT2D eigenvalue weighted by molar-refractivity contribution is 0.627. The molecule has 0 radical (unpaired) electrons. The molecule has 0 aliphatic carbocycles. The van der Waals surface area contributed by atoms with Crippen LogP contribution in [0, 0.1) is 5.82 Å². The van der Waals surface area contributed by atoms with Crippen LogP contribution in [-0.2, 0) is 0 Å². The fourth-order valence-electron chi connectivity index (χ4n) is 0.995. The fraction of sp³-hybridized carbons (Fsp3) is 0.182. The summed E-state index contributed by atoms with van der Waals surface area (Å²) < 4.78 is 12.6. The van der Waals surface area contributed by atoms with Crippen molar-refractivity contribution in [1.29, 1.82) is 0 Å². The van der Waals surface area contributed by atoms with Gasteiger partial charge in [-0.15, -0.1) is 0 Å². The van der Waals surface area contributed by atoms with Crippen molar-refractivity contribution in [2.75, 3.05) is 7.05 Å². The second kappa shape index (κ2) is 4.55. The highest BCUT2D eigenvalue weighted by Crippen LogP contribution is 2.12. The molecule has 0 unspecified atom stereocenters. The van der Waals surface area contributed by atoms with Gasteiger partial charge >= 0.3 is 0 Å². The SMILES string of the molecule is CN=C/C=C(\C)c1ccc(F)cc1. The quantitative estimate of drug-likeness (QED) is 0.616. The lowest BCUT2D eigenvalue weighted by Gasteiger charge is -1.98. The molecule has 0 aliphatic rings. The van der Waals surface area contributed by atoms with E-state index in [1.54, 1.807) is 25.4 Å². The molecule has 0 saturated heterocycles. The Labute approximate surface area is 77.6 Å². The molecule has 0 bridgehead atoms. The molecule has 1 nitrogen and oxygen atoms in total. The smallest absolute Gasteiger partial charge is 0.123 e. The Kier molecular flexibility index (Phi) is 3.38. The van der Waals surface area contributed by atoms with E-state index in [1.165, 1.54) is 12.1 Å². The van der Waals surface area contributed by atoms with Crippen molar-refractivity contribution in [2.45, 2.75) is 6.92 Å². The standard InChI is InChI=1S/C11H12FN/c1-9(7-8-13-2)10-3-5-11(12)6-4-10/h3-8H,1-2H3/b9-7+,13-8?. The number of halogens is 1. The van der Waals surface area contributed by atoms with Crippen molar-refractivity contribution in [3.63, 3.8) is 0 Å². The van der Waals surface area contributed by atoms with Crippen LogP contribution in [0.5, 0.6) is 0 Å². The van der Waals surface area contributed by atoms with Gasteiger partial charge < -0.3 is 0 Å². The molecule has 0 spiro atoms. The summed E-state index contributed by atoms with van der Waals surface area (Å²) in [5.74, 6) is -0.208. The summed E-state index contributed by atoms with van der Waals surface area (Å²) in [6.45, 7) is 1.97. The number of hydrogen-bond acceptors (Lipinski definition) is 1. The van der Waals surface area contributed by atoms with Crippen LogP contribution in [-0.4, -0.2) is 13.3 Å². The minimum atomic E-state index is -0.208. The van der Waals surface area contributed by atoms with Crippen molar-refractivity contribution in [3.8, 4) is 0 Å². The van der Waals surface area contributed by atoms with E-state index in [2.05, 4.69) is 4.99 Å². The van der Waals surface area contributed by atoms with Crippen LogP contribution in [0.2, 0.25) is 0 Å². The monoisotopic (exact) mass is 177 g/mol. The van der Waals surface area contributed by atoms with Crippen LogP contribution in [0.25, 0.3) is 5.57 Å². The molecule has 0 heterocycles. The Morgan fingerprint density at radius 2 is 1.92 bits per heavy atom. The third-order valence-corrected chi connectivity index (χ3v) is 1.77. The molecular formula is C11H12FN. The average Bonchev–Trinajstić information content (AvgIpc) is 2.15. The van der Waals surface area contributed by atoms with Gasteiger partial charge in [0.1, 0.15) is 5.82 Å². The molecule has 1 rings (SSSR count). The number of benzene rings is 1. The number of allylic oxidation sites excluding steroid dienone is 2. The second-order valence-corrected chi connectivity index (χ2v) is 2.76. The van der Waals surface area contributed by atoms with Gasteiger partial charge in [-0.3, -0.25) is 4.99 Å². The molecule has 0 aliphatic heterocycles. The van der Waals surface area contributed by atoms with Crippen LogP contribution in [0.15, 0.2) is 35.3 Å². The number of rotatable bonds is 2. The molecule has 2 heteroatoms.